The Morgan fingerprint density at radius 3 is 2.48 bits per heavy atom. The van der Waals surface area contributed by atoms with Crippen LogP contribution in [0.1, 0.15) is 35.6 Å². The Kier molecular flexibility index (Phi) is 6.22. The number of ketones is 1. The van der Waals surface area contributed by atoms with Gasteiger partial charge in [0.1, 0.15) is 24.2 Å². The lowest BCUT2D eigenvalue weighted by Gasteiger charge is -2.31. The van der Waals surface area contributed by atoms with Crippen molar-refractivity contribution in [2.24, 2.45) is 0 Å². The summed E-state index contributed by atoms with van der Waals surface area (Å²) in [6.45, 7) is 4.40. The van der Waals surface area contributed by atoms with Crippen molar-refractivity contribution in [2.75, 3.05) is 6.61 Å². The molecular formula is C22H24N2O5. The van der Waals surface area contributed by atoms with Crippen molar-refractivity contribution in [1.82, 2.24) is 10.1 Å². The maximum atomic E-state index is 12.3. The highest BCUT2D eigenvalue weighted by molar-refractivity contribution is 5.88. The number of carbonyl (C=O) groups is 1. The zero-order valence-corrected chi connectivity index (χ0v) is 16.6. The summed E-state index contributed by atoms with van der Waals surface area (Å²) >= 11 is 0. The fraction of sp³-hybridized carbons (Fsp3) is 0.318. The van der Waals surface area contributed by atoms with E-state index in [4.69, 9.17) is 9.26 Å². The first-order chi connectivity index (χ1) is 13.8. The summed E-state index contributed by atoms with van der Waals surface area (Å²) in [6, 6.07) is 13.0. The number of benzene rings is 1. The van der Waals surface area contributed by atoms with Crippen molar-refractivity contribution in [1.29, 1.82) is 0 Å². The summed E-state index contributed by atoms with van der Waals surface area (Å²) in [7, 11) is 0. The van der Waals surface area contributed by atoms with Crippen LogP contribution in [0.2, 0.25) is 0 Å². The summed E-state index contributed by atoms with van der Waals surface area (Å²) in [5.74, 6) is -0.149. The number of rotatable bonds is 8. The van der Waals surface area contributed by atoms with E-state index in [-0.39, 0.29) is 12.3 Å². The van der Waals surface area contributed by atoms with Crippen LogP contribution in [0.15, 0.2) is 53.2 Å². The molecular weight excluding hydrogens is 372 g/mol. The summed E-state index contributed by atoms with van der Waals surface area (Å²) < 4.78 is 10.8. The van der Waals surface area contributed by atoms with E-state index in [0.717, 1.165) is 22.4 Å². The van der Waals surface area contributed by atoms with Crippen LogP contribution in [0, 0.1) is 13.8 Å². The first-order valence-corrected chi connectivity index (χ1v) is 9.25. The van der Waals surface area contributed by atoms with Gasteiger partial charge in [0.05, 0.1) is 12.3 Å². The van der Waals surface area contributed by atoms with E-state index in [1.807, 2.05) is 49.5 Å². The van der Waals surface area contributed by atoms with E-state index in [0.29, 0.717) is 5.76 Å². The number of Topliss-reactive ketones (excluding diaryl/α,β-unsaturated/α-hetero) is 1. The van der Waals surface area contributed by atoms with E-state index in [2.05, 4.69) is 10.1 Å². The molecule has 0 amide bonds. The monoisotopic (exact) mass is 396 g/mol. The molecule has 0 aliphatic rings. The van der Waals surface area contributed by atoms with Crippen molar-refractivity contribution < 1.29 is 24.3 Å². The number of aromatic nitrogens is 2. The van der Waals surface area contributed by atoms with Gasteiger partial charge in [-0.25, -0.2) is 0 Å². The maximum absolute atomic E-state index is 12.3. The van der Waals surface area contributed by atoms with Crippen molar-refractivity contribution in [3.8, 4) is 11.3 Å². The molecule has 152 valence electrons. The minimum absolute atomic E-state index is 0.0672. The number of carbonyl (C=O) groups excluding carboxylic acids is 1. The van der Waals surface area contributed by atoms with Crippen molar-refractivity contribution in [2.45, 2.75) is 39.1 Å². The molecule has 0 aliphatic heterocycles. The molecule has 0 fully saturated rings. The minimum atomic E-state index is -1.67. The smallest absolute Gasteiger partial charge is 0.192 e. The molecule has 3 aromatic rings. The van der Waals surface area contributed by atoms with Crippen molar-refractivity contribution in [3.63, 3.8) is 0 Å². The Bertz CT molecular complexity index is 966. The fourth-order valence-electron chi connectivity index (χ4n) is 2.91. The second kappa shape index (κ2) is 8.65. The Hall–Kier alpha value is -2.87. The molecule has 2 aromatic heterocycles. The highest BCUT2D eigenvalue weighted by Crippen LogP contribution is 2.31. The zero-order chi connectivity index (χ0) is 21.0. The van der Waals surface area contributed by atoms with Crippen LogP contribution in [-0.2, 0) is 16.1 Å². The molecule has 2 N–H and O–H groups in total. The number of pyridine rings is 1. The highest BCUT2D eigenvalue weighted by Gasteiger charge is 2.43. The van der Waals surface area contributed by atoms with Crippen molar-refractivity contribution in [3.05, 3.63) is 71.2 Å². The molecule has 2 heterocycles. The zero-order valence-electron chi connectivity index (χ0n) is 16.6. The Morgan fingerprint density at radius 1 is 1.21 bits per heavy atom. The first kappa shape index (κ1) is 20.9. The van der Waals surface area contributed by atoms with Crippen LogP contribution in [0.3, 0.4) is 0 Å². The molecule has 7 nitrogen and oxygen atoms in total. The number of aliphatic hydroxyl groups is 2. The van der Waals surface area contributed by atoms with E-state index < -0.39 is 24.1 Å². The number of aryl methyl sites for hydroxylation is 2. The molecule has 0 bridgehead atoms. The molecule has 0 spiro atoms. The van der Waals surface area contributed by atoms with Gasteiger partial charge in [-0.2, -0.15) is 0 Å². The number of hydrogen-bond acceptors (Lipinski definition) is 7. The van der Waals surface area contributed by atoms with Crippen LogP contribution in [0.5, 0.6) is 0 Å². The van der Waals surface area contributed by atoms with Gasteiger partial charge in [-0.05, 0) is 38.0 Å². The van der Waals surface area contributed by atoms with Gasteiger partial charge >= 0.3 is 0 Å². The molecule has 29 heavy (non-hydrogen) atoms. The number of aliphatic hydroxyl groups excluding tert-OH is 2. The van der Waals surface area contributed by atoms with Crippen LogP contribution >= 0.6 is 0 Å². The standard InChI is InChI=1S/C22H24N2O5/c1-14-4-9-18(23-11-14)17-7-5-16(6-8-17)13-28-22(3,20(26)12-25)21(27)19-10-15(2)29-24-19/h4-11,21,25,27H,12-13H2,1-3H3/t21-,22+/m0/s1. The van der Waals surface area contributed by atoms with Gasteiger partial charge in [0.25, 0.3) is 0 Å². The van der Waals surface area contributed by atoms with Gasteiger partial charge in [0.2, 0.25) is 0 Å². The van der Waals surface area contributed by atoms with Crippen LogP contribution < -0.4 is 0 Å². The molecule has 1 aromatic carbocycles. The average molecular weight is 396 g/mol. The van der Waals surface area contributed by atoms with Gasteiger partial charge in [-0.1, -0.05) is 35.5 Å². The number of hydrogen-bond donors (Lipinski definition) is 2. The molecule has 2 atom stereocenters. The average Bonchev–Trinajstić information content (AvgIpc) is 3.18. The Morgan fingerprint density at radius 2 is 1.93 bits per heavy atom. The molecule has 3 rings (SSSR count). The number of ether oxygens (including phenoxy) is 1. The van der Waals surface area contributed by atoms with Gasteiger partial charge < -0.3 is 19.5 Å². The lowest BCUT2D eigenvalue weighted by molar-refractivity contribution is -0.166. The van der Waals surface area contributed by atoms with E-state index >= 15 is 0 Å². The molecule has 0 unspecified atom stereocenters. The predicted molar refractivity (Wildman–Crippen MR) is 106 cm³/mol. The second-order valence-electron chi connectivity index (χ2n) is 7.16. The highest BCUT2D eigenvalue weighted by atomic mass is 16.5. The van der Waals surface area contributed by atoms with Gasteiger partial charge in [-0.15, -0.1) is 0 Å². The van der Waals surface area contributed by atoms with Gasteiger partial charge in [-0.3, -0.25) is 9.78 Å². The molecule has 7 heteroatoms. The van der Waals surface area contributed by atoms with Gasteiger partial charge in [0.15, 0.2) is 11.4 Å². The normalized spacial score (nSPS) is 14.4. The summed E-state index contributed by atoms with van der Waals surface area (Å²) in [4.78, 5) is 16.7. The lowest BCUT2D eigenvalue weighted by Crippen LogP contribution is -2.46. The second-order valence-corrected chi connectivity index (χ2v) is 7.16. The summed E-state index contributed by atoms with van der Waals surface area (Å²) in [5, 5.41) is 23.8. The predicted octanol–water partition coefficient (Wildman–Crippen LogP) is 2.92. The number of nitrogens with zero attached hydrogens (tertiary/aromatic N) is 2. The summed E-state index contributed by atoms with van der Waals surface area (Å²) in [5.41, 5.74) is 2.22. The Balaban J connectivity index is 1.75. The van der Waals surface area contributed by atoms with Crippen LogP contribution in [0.25, 0.3) is 11.3 Å². The van der Waals surface area contributed by atoms with Gasteiger partial charge in [0, 0.05) is 17.8 Å². The van der Waals surface area contributed by atoms with Crippen molar-refractivity contribution >= 4 is 5.78 Å². The molecule has 0 aliphatic carbocycles. The largest absolute Gasteiger partial charge is 0.388 e. The lowest BCUT2D eigenvalue weighted by atomic mass is 9.91. The minimum Gasteiger partial charge on any atom is -0.388 e. The molecule has 0 saturated heterocycles. The molecule has 0 radical (unpaired) electrons. The quantitative estimate of drug-likeness (QED) is 0.603. The topological polar surface area (TPSA) is 106 Å². The van der Waals surface area contributed by atoms with E-state index in [1.165, 1.54) is 13.0 Å². The SMILES string of the molecule is Cc1ccc(-c2ccc(CO[C@](C)(C(=O)CO)[C@@H](O)c3cc(C)on3)cc2)nc1. The third-order valence-electron chi connectivity index (χ3n) is 4.85. The fourth-order valence-corrected chi connectivity index (χ4v) is 2.91. The van der Waals surface area contributed by atoms with E-state index in [9.17, 15) is 15.0 Å². The third kappa shape index (κ3) is 4.59. The van der Waals surface area contributed by atoms with Crippen LogP contribution in [0.4, 0.5) is 0 Å². The van der Waals surface area contributed by atoms with Crippen LogP contribution in [-0.4, -0.2) is 38.3 Å². The summed E-state index contributed by atoms with van der Waals surface area (Å²) in [6.07, 6.45) is 0.432. The third-order valence-corrected chi connectivity index (χ3v) is 4.85. The first-order valence-electron chi connectivity index (χ1n) is 9.25. The van der Waals surface area contributed by atoms with E-state index in [1.54, 1.807) is 6.92 Å². The maximum Gasteiger partial charge on any atom is 0.192 e. The Labute approximate surface area is 169 Å². The molecule has 0 saturated carbocycles.